The van der Waals surface area contributed by atoms with E-state index in [1.54, 1.807) is 25.1 Å². The Morgan fingerprint density at radius 2 is 1.76 bits per heavy atom. The summed E-state index contributed by atoms with van der Waals surface area (Å²) in [5.41, 5.74) is 0.896. The largest absolute Gasteiger partial charge is 0.490 e. The smallest absolute Gasteiger partial charge is 0.270 e. The van der Waals surface area contributed by atoms with Crippen LogP contribution in [0.1, 0.15) is 37.4 Å². The Hall–Kier alpha value is -2.65. The molecule has 0 fully saturated rings. The molecule has 0 spiro atoms. The topological polar surface area (TPSA) is 108 Å². The van der Waals surface area contributed by atoms with Gasteiger partial charge in [-0.05, 0) is 36.1 Å². The molecule has 3 rings (SSSR count). The number of nitrogens with one attached hydrogen (secondary N) is 1. The monoisotopic (exact) mass is 420 g/mol. The van der Waals surface area contributed by atoms with Gasteiger partial charge in [0, 0.05) is 24.6 Å². The molecule has 1 N–H and O–H groups in total. The third kappa shape index (κ3) is 4.68. The van der Waals surface area contributed by atoms with E-state index in [1.807, 2.05) is 13.8 Å². The van der Waals surface area contributed by atoms with Crippen LogP contribution in [0, 0.1) is 23.0 Å². The summed E-state index contributed by atoms with van der Waals surface area (Å²) < 4.78 is 40.2. The number of aryl methyl sites for hydroxylation is 1. The average Bonchev–Trinajstić information content (AvgIpc) is 2.90. The number of fused-ring (bicyclic) bond motifs is 1. The number of nitrogens with zero attached hydrogens (tertiary/aromatic N) is 1. The lowest BCUT2D eigenvalue weighted by Crippen LogP contribution is -2.32. The van der Waals surface area contributed by atoms with Crippen LogP contribution in [0.5, 0.6) is 11.5 Å². The summed E-state index contributed by atoms with van der Waals surface area (Å²) in [5, 5.41) is 11.1. The van der Waals surface area contributed by atoms with E-state index in [4.69, 9.17) is 9.47 Å². The lowest BCUT2D eigenvalue weighted by molar-refractivity contribution is -0.385. The number of hydrogen-bond donors (Lipinski definition) is 1. The predicted octanol–water partition coefficient (Wildman–Crippen LogP) is 3.74. The van der Waals surface area contributed by atoms with Crippen LogP contribution < -0.4 is 14.2 Å². The molecule has 1 aliphatic heterocycles. The minimum Gasteiger partial charge on any atom is -0.490 e. The number of hydrogen-bond acceptors (Lipinski definition) is 6. The van der Waals surface area contributed by atoms with Crippen molar-refractivity contribution in [3.8, 4) is 11.5 Å². The van der Waals surface area contributed by atoms with E-state index in [-0.39, 0.29) is 16.5 Å². The fourth-order valence-electron chi connectivity index (χ4n) is 3.18. The highest BCUT2D eigenvalue weighted by molar-refractivity contribution is 7.89. The molecule has 0 radical (unpaired) electrons. The first-order valence-corrected chi connectivity index (χ1v) is 10.8. The summed E-state index contributed by atoms with van der Waals surface area (Å²) in [6.45, 7) is 6.50. The minimum atomic E-state index is -3.99. The van der Waals surface area contributed by atoms with Crippen LogP contribution in [-0.4, -0.2) is 26.6 Å². The zero-order valence-corrected chi connectivity index (χ0v) is 17.4. The van der Waals surface area contributed by atoms with Gasteiger partial charge in [-0.1, -0.05) is 26.0 Å². The van der Waals surface area contributed by atoms with Gasteiger partial charge < -0.3 is 9.47 Å². The average molecular weight is 420 g/mol. The van der Waals surface area contributed by atoms with Crippen LogP contribution >= 0.6 is 0 Å². The molecule has 0 aliphatic carbocycles. The van der Waals surface area contributed by atoms with Crippen molar-refractivity contribution < 1.29 is 22.8 Å². The van der Waals surface area contributed by atoms with Gasteiger partial charge >= 0.3 is 0 Å². The second-order valence-electron chi connectivity index (χ2n) is 7.31. The lowest BCUT2D eigenvalue weighted by Gasteiger charge is -2.24. The molecule has 29 heavy (non-hydrogen) atoms. The van der Waals surface area contributed by atoms with Gasteiger partial charge in [0.2, 0.25) is 10.0 Å². The molecule has 8 nitrogen and oxygen atoms in total. The predicted molar refractivity (Wildman–Crippen MR) is 108 cm³/mol. The summed E-state index contributed by atoms with van der Waals surface area (Å²) in [6.07, 6.45) is 0.774. The first kappa shape index (κ1) is 21.1. The Morgan fingerprint density at radius 3 is 2.41 bits per heavy atom. The Labute approximate surface area is 170 Å². The molecule has 0 unspecified atom stereocenters. The van der Waals surface area contributed by atoms with E-state index < -0.39 is 21.0 Å². The zero-order chi connectivity index (χ0) is 21.2. The molecule has 0 saturated carbocycles. The first-order chi connectivity index (χ1) is 13.7. The molecule has 9 heteroatoms. The van der Waals surface area contributed by atoms with Crippen molar-refractivity contribution in [1.82, 2.24) is 4.72 Å². The van der Waals surface area contributed by atoms with Gasteiger partial charge in [0.05, 0.1) is 23.0 Å². The Balaban J connectivity index is 1.96. The molecule has 2 aromatic carbocycles. The number of nitro groups is 1. The van der Waals surface area contributed by atoms with Gasteiger partial charge in [0.1, 0.15) is 0 Å². The van der Waals surface area contributed by atoms with Crippen molar-refractivity contribution in [3.05, 3.63) is 57.6 Å². The molecular formula is C20H24N2O6S. The standard InChI is InChI=1S/C20H24N2O6S/c1-13(2)20(15-6-8-17-18(11-15)28-10-4-9-27-17)21-29(25,26)19-12-16(22(23)24)7-5-14(19)3/h5-8,11-13,20-21H,4,9-10H2,1-3H3/t20-/m0/s1. The van der Waals surface area contributed by atoms with E-state index in [9.17, 15) is 18.5 Å². The number of non-ortho nitro benzene ring substituents is 1. The summed E-state index contributed by atoms with van der Waals surface area (Å²) in [6, 6.07) is 8.63. The highest BCUT2D eigenvalue weighted by Gasteiger charge is 2.27. The Bertz CT molecular complexity index is 1020. The minimum absolute atomic E-state index is 0.0754. The molecule has 156 valence electrons. The van der Waals surface area contributed by atoms with Gasteiger partial charge in [-0.25, -0.2) is 13.1 Å². The number of ether oxygens (including phenoxy) is 2. The van der Waals surface area contributed by atoms with Gasteiger partial charge in [0.25, 0.3) is 5.69 Å². The second-order valence-corrected chi connectivity index (χ2v) is 8.99. The van der Waals surface area contributed by atoms with Crippen molar-refractivity contribution in [2.45, 2.75) is 38.1 Å². The molecule has 0 aromatic heterocycles. The number of nitro benzene ring substituents is 1. The Kier molecular flexibility index (Phi) is 6.09. The van der Waals surface area contributed by atoms with Gasteiger partial charge in [0.15, 0.2) is 11.5 Å². The maximum atomic E-state index is 13.1. The van der Waals surface area contributed by atoms with Crippen LogP contribution in [0.3, 0.4) is 0 Å². The normalized spacial score (nSPS) is 15.0. The van der Waals surface area contributed by atoms with Gasteiger partial charge in [-0.3, -0.25) is 10.1 Å². The zero-order valence-electron chi connectivity index (χ0n) is 16.5. The van der Waals surface area contributed by atoms with Gasteiger partial charge in [-0.2, -0.15) is 0 Å². The van der Waals surface area contributed by atoms with Crippen molar-refractivity contribution in [1.29, 1.82) is 0 Å². The number of benzene rings is 2. The van der Waals surface area contributed by atoms with Crippen LogP contribution in [0.4, 0.5) is 5.69 Å². The SMILES string of the molecule is Cc1ccc([N+](=O)[O-])cc1S(=O)(=O)N[C@H](c1ccc2c(c1)OCCCO2)C(C)C. The van der Waals surface area contributed by atoms with Crippen molar-refractivity contribution in [2.24, 2.45) is 5.92 Å². The van der Waals surface area contributed by atoms with E-state index in [2.05, 4.69) is 4.72 Å². The van der Waals surface area contributed by atoms with Crippen LogP contribution in [-0.2, 0) is 10.0 Å². The molecule has 0 amide bonds. The summed E-state index contributed by atoms with van der Waals surface area (Å²) in [7, 11) is -3.99. The van der Waals surface area contributed by atoms with Gasteiger partial charge in [-0.15, -0.1) is 0 Å². The fraction of sp³-hybridized carbons (Fsp3) is 0.400. The highest BCUT2D eigenvalue weighted by atomic mass is 32.2. The number of rotatable bonds is 6. The number of sulfonamides is 1. The third-order valence-electron chi connectivity index (χ3n) is 4.75. The molecule has 0 saturated heterocycles. The van der Waals surface area contributed by atoms with E-state index >= 15 is 0 Å². The fourth-order valence-corrected chi connectivity index (χ4v) is 4.82. The van der Waals surface area contributed by atoms with Crippen LogP contribution in [0.25, 0.3) is 0 Å². The molecule has 1 aliphatic rings. The maximum Gasteiger partial charge on any atom is 0.270 e. The lowest BCUT2D eigenvalue weighted by atomic mass is 9.97. The molecule has 0 bridgehead atoms. The van der Waals surface area contributed by atoms with E-state index in [1.165, 1.54) is 12.1 Å². The first-order valence-electron chi connectivity index (χ1n) is 9.36. The molecule has 1 heterocycles. The van der Waals surface area contributed by atoms with Crippen LogP contribution in [0.2, 0.25) is 0 Å². The van der Waals surface area contributed by atoms with Crippen molar-refractivity contribution >= 4 is 15.7 Å². The molecule has 2 aromatic rings. The quantitative estimate of drug-likeness (QED) is 0.563. The second kappa shape index (κ2) is 8.38. The summed E-state index contributed by atoms with van der Waals surface area (Å²) in [5.74, 6) is 1.14. The van der Waals surface area contributed by atoms with Crippen molar-refractivity contribution in [3.63, 3.8) is 0 Å². The molecular weight excluding hydrogens is 396 g/mol. The summed E-state index contributed by atoms with van der Waals surface area (Å²) >= 11 is 0. The summed E-state index contributed by atoms with van der Waals surface area (Å²) in [4.78, 5) is 10.4. The van der Waals surface area contributed by atoms with Crippen LogP contribution in [0.15, 0.2) is 41.3 Å². The van der Waals surface area contributed by atoms with E-state index in [0.29, 0.717) is 30.3 Å². The molecule has 1 atom stereocenters. The van der Waals surface area contributed by atoms with E-state index in [0.717, 1.165) is 18.1 Å². The van der Waals surface area contributed by atoms with Crippen molar-refractivity contribution in [2.75, 3.05) is 13.2 Å². The third-order valence-corrected chi connectivity index (χ3v) is 6.33. The highest BCUT2D eigenvalue weighted by Crippen LogP contribution is 2.35. The Morgan fingerprint density at radius 1 is 1.07 bits per heavy atom. The maximum absolute atomic E-state index is 13.1.